The predicted octanol–water partition coefficient (Wildman–Crippen LogP) is 3.05. The van der Waals surface area contributed by atoms with Crippen LogP contribution in [-0.4, -0.2) is 57.2 Å². The minimum absolute atomic E-state index is 0.420. The van der Waals surface area contributed by atoms with Crippen LogP contribution in [-0.2, 0) is 0 Å². The van der Waals surface area contributed by atoms with Gasteiger partial charge >= 0.3 is 0 Å². The fraction of sp³-hybridized carbons (Fsp3) is 0.435. The van der Waals surface area contributed by atoms with Crippen LogP contribution in [0, 0.1) is 5.41 Å². The van der Waals surface area contributed by atoms with E-state index >= 15 is 0 Å². The van der Waals surface area contributed by atoms with Crippen molar-refractivity contribution in [3.8, 4) is 11.4 Å². The van der Waals surface area contributed by atoms with E-state index in [4.69, 9.17) is 14.8 Å². The van der Waals surface area contributed by atoms with E-state index in [9.17, 15) is 0 Å². The third-order valence-corrected chi connectivity index (χ3v) is 6.73. The molecule has 2 aliphatic rings. The molecule has 8 heteroatoms. The second-order valence-electron chi connectivity index (χ2n) is 8.75. The van der Waals surface area contributed by atoms with Crippen LogP contribution in [0.5, 0.6) is 5.75 Å². The summed E-state index contributed by atoms with van der Waals surface area (Å²) >= 11 is 0. The number of piperidine rings is 1. The average molecular weight is 418 g/mol. The number of rotatable bonds is 4. The zero-order valence-electron chi connectivity index (χ0n) is 17.8. The molecule has 6 rings (SSSR count). The van der Waals surface area contributed by atoms with Crippen molar-refractivity contribution in [1.29, 1.82) is 0 Å². The molecule has 4 aromatic heterocycles. The smallest absolute Gasteiger partial charge is 0.185 e. The first-order chi connectivity index (χ1) is 15.2. The monoisotopic (exact) mass is 417 g/mol. The van der Waals surface area contributed by atoms with Gasteiger partial charge in [0.1, 0.15) is 11.6 Å². The molecule has 31 heavy (non-hydrogen) atoms. The number of hydrogen-bond acceptors (Lipinski definition) is 6. The second kappa shape index (κ2) is 7.23. The quantitative estimate of drug-likeness (QED) is 0.550. The second-order valence-corrected chi connectivity index (χ2v) is 8.75. The lowest BCUT2D eigenvalue weighted by Gasteiger charge is -2.40. The number of hydrogen-bond donors (Lipinski definition) is 1. The van der Waals surface area contributed by atoms with Gasteiger partial charge in [-0.15, -0.1) is 5.10 Å². The molecular weight excluding hydrogens is 390 g/mol. The van der Waals surface area contributed by atoms with Gasteiger partial charge in [-0.2, -0.15) is 5.10 Å². The van der Waals surface area contributed by atoms with E-state index in [1.807, 2.05) is 46.8 Å². The standard InChI is InChI=1S/C23H27N7O/c1-2-31-18-5-6-20-19-13-26-30(22(19)27-29(20)14-18)17-4-7-21(25-12-17)28-11-3-8-23(16-28)9-10-24-15-23/h4-7,12-14,24H,2-3,8-11,15-16H2,1H3. The largest absolute Gasteiger partial charge is 0.492 e. The lowest BCUT2D eigenvalue weighted by molar-refractivity contribution is 0.260. The molecule has 8 nitrogen and oxygen atoms in total. The van der Waals surface area contributed by atoms with Crippen LogP contribution in [0.1, 0.15) is 26.2 Å². The molecule has 0 radical (unpaired) electrons. The number of fused-ring (bicyclic) bond motifs is 3. The molecule has 1 spiro atoms. The van der Waals surface area contributed by atoms with E-state index in [1.54, 1.807) is 0 Å². The van der Waals surface area contributed by atoms with Crippen LogP contribution in [0.4, 0.5) is 5.82 Å². The maximum atomic E-state index is 5.61. The summed E-state index contributed by atoms with van der Waals surface area (Å²) in [5, 5.41) is 13.9. The Balaban J connectivity index is 1.30. The van der Waals surface area contributed by atoms with Gasteiger partial charge in [0, 0.05) is 25.0 Å². The Bertz CT molecular complexity index is 1220. The van der Waals surface area contributed by atoms with Gasteiger partial charge in [0.25, 0.3) is 0 Å². The summed E-state index contributed by atoms with van der Waals surface area (Å²) in [6, 6.07) is 8.21. The first-order valence-electron chi connectivity index (χ1n) is 11.2. The number of aromatic nitrogens is 5. The molecule has 0 bridgehead atoms. The Labute approximate surface area is 180 Å². The van der Waals surface area contributed by atoms with Crippen LogP contribution in [0.25, 0.3) is 22.2 Å². The molecule has 0 saturated carbocycles. The van der Waals surface area contributed by atoms with Crippen molar-refractivity contribution in [3.63, 3.8) is 0 Å². The molecule has 2 aliphatic heterocycles. The number of nitrogens with zero attached hydrogens (tertiary/aromatic N) is 6. The zero-order chi connectivity index (χ0) is 20.8. The predicted molar refractivity (Wildman–Crippen MR) is 120 cm³/mol. The molecule has 1 atom stereocenters. The summed E-state index contributed by atoms with van der Waals surface area (Å²) in [4.78, 5) is 7.25. The van der Waals surface area contributed by atoms with Gasteiger partial charge in [-0.25, -0.2) is 14.2 Å². The highest BCUT2D eigenvalue weighted by Crippen LogP contribution is 2.37. The Morgan fingerprint density at radius 3 is 2.94 bits per heavy atom. The minimum Gasteiger partial charge on any atom is -0.492 e. The normalized spacial score (nSPS) is 21.5. The van der Waals surface area contributed by atoms with E-state index in [2.05, 4.69) is 27.4 Å². The lowest BCUT2D eigenvalue weighted by atomic mass is 9.79. The third kappa shape index (κ3) is 3.13. The number of pyridine rings is 2. The van der Waals surface area contributed by atoms with Gasteiger partial charge in [0.05, 0.1) is 41.8 Å². The van der Waals surface area contributed by atoms with Crippen LogP contribution < -0.4 is 15.0 Å². The first kappa shape index (κ1) is 18.6. The highest BCUT2D eigenvalue weighted by atomic mass is 16.5. The molecule has 0 amide bonds. The number of anilines is 1. The Hall–Kier alpha value is -3.13. The summed E-state index contributed by atoms with van der Waals surface area (Å²) in [6.45, 7) is 7.05. The third-order valence-electron chi connectivity index (χ3n) is 6.73. The van der Waals surface area contributed by atoms with E-state index in [0.29, 0.717) is 12.0 Å². The molecular formula is C23H27N7O. The lowest BCUT2D eigenvalue weighted by Crippen LogP contribution is -2.44. The van der Waals surface area contributed by atoms with Gasteiger partial charge in [0.15, 0.2) is 5.65 Å². The maximum absolute atomic E-state index is 5.61. The van der Waals surface area contributed by atoms with Crippen molar-refractivity contribution >= 4 is 22.4 Å². The molecule has 2 fully saturated rings. The molecule has 0 aliphatic carbocycles. The Morgan fingerprint density at radius 1 is 1.16 bits per heavy atom. The van der Waals surface area contributed by atoms with Gasteiger partial charge in [0.2, 0.25) is 0 Å². The molecule has 6 heterocycles. The summed E-state index contributed by atoms with van der Waals surface area (Å²) < 4.78 is 9.32. The minimum atomic E-state index is 0.420. The summed E-state index contributed by atoms with van der Waals surface area (Å²) in [6.07, 6.45) is 9.51. The summed E-state index contributed by atoms with van der Waals surface area (Å²) in [5.74, 6) is 1.86. The van der Waals surface area contributed by atoms with E-state index in [1.165, 1.54) is 19.3 Å². The summed E-state index contributed by atoms with van der Waals surface area (Å²) in [5.41, 5.74) is 3.17. The first-order valence-corrected chi connectivity index (χ1v) is 11.2. The van der Waals surface area contributed by atoms with Crippen molar-refractivity contribution in [1.82, 2.24) is 29.7 Å². The maximum Gasteiger partial charge on any atom is 0.185 e. The Kier molecular flexibility index (Phi) is 4.34. The van der Waals surface area contributed by atoms with E-state index in [-0.39, 0.29) is 0 Å². The SMILES string of the molecule is CCOc1ccc2c3cnn(-c4ccc(N5CCCC6(CCNC6)C5)nc4)c3nn2c1. The van der Waals surface area contributed by atoms with Crippen molar-refractivity contribution in [2.45, 2.75) is 26.2 Å². The van der Waals surface area contributed by atoms with Crippen LogP contribution in [0.3, 0.4) is 0 Å². The van der Waals surface area contributed by atoms with Crippen molar-refractivity contribution in [3.05, 3.63) is 42.9 Å². The van der Waals surface area contributed by atoms with E-state index < -0.39 is 0 Å². The van der Waals surface area contributed by atoms with Crippen LogP contribution in [0.2, 0.25) is 0 Å². The molecule has 2 saturated heterocycles. The molecule has 1 unspecified atom stereocenters. The van der Waals surface area contributed by atoms with Crippen LogP contribution >= 0.6 is 0 Å². The molecule has 4 aromatic rings. The van der Waals surface area contributed by atoms with Gasteiger partial charge in [-0.05, 0) is 57.0 Å². The zero-order valence-corrected chi connectivity index (χ0v) is 17.8. The van der Waals surface area contributed by atoms with Crippen molar-refractivity contribution in [2.24, 2.45) is 5.41 Å². The van der Waals surface area contributed by atoms with E-state index in [0.717, 1.165) is 60.0 Å². The average Bonchev–Trinajstić information content (AvgIpc) is 3.50. The van der Waals surface area contributed by atoms with Crippen LogP contribution in [0.15, 0.2) is 42.9 Å². The highest BCUT2D eigenvalue weighted by Gasteiger charge is 2.38. The van der Waals surface area contributed by atoms with Gasteiger partial charge < -0.3 is 15.0 Å². The highest BCUT2D eigenvalue weighted by molar-refractivity contribution is 5.92. The number of ether oxygens (including phenoxy) is 1. The number of nitrogens with one attached hydrogen (secondary N) is 1. The fourth-order valence-electron chi connectivity index (χ4n) is 5.17. The Morgan fingerprint density at radius 2 is 2.13 bits per heavy atom. The van der Waals surface area contributed by atoms with Crippen molar-refractivity contribution in [2.75, 3.05) is 37.7 Å². The topological polar surface area (TPSA) is 72.5 Å². The fourth-order valence-corrected chi connectivity index (χ4v) is 5.17. The van der Waals surface area contributed by atoms with Gasteiger partial charge in [-0.1, -0.05) is 0 Å². The van der Waals surface area contributed by atoms with Crippen molar-refractivity contribution < 1.29 is 4.74 Å². The molecule has 1 N–H and O–H groups in total. The molecule has 160 valence electrons. The molecule has 0 aromatic carbocycles. The summed E-state index contributed by atoms with van der Waals surface area (Å²) in [7, 11) is 0. The van der Waals surface area contributed by atoms with Gasteiger partial charge in [-0.3, -0.25) is 0 Å².